The van der Waals surface area contributed by atoms with E-state index in [1.54, 1.807) is 24.3 Å². The van der Waals surface area contributed by atoms with Crippen LogP contribution in [-0.4, -0.2) is 20.0 Å². The summed E-state index contributed by atoms with van der Waals surface area (Å²) in [6.07, 6.45) is 5.18. The molecule has 0 atom stereocenters. The van der Waals surface area contributed by atoms with Crippen molar-refractivity contribution >= 4 is 21.0 Å². The highest BCUT2D eigenvalue weighted by atomic mass is 32.2. The molecule has 5 nitrogen and oxygen atoms in total. The molecule has 0 aliphatic rings. The number of pyridine rings is 1. The monoisotopic (exact) mass is 503 g/mol. The van der Waals surface area contributed by atoms with Crippen molar-refractivity contribution in [2.75, 3.05) is 6.61 Å². The lowest BCUT2D eigenvalue weighted by Crippen LogP contribution is -2.12. The molecule has 0 saturated heterocycles. The SMILES string of the molecule is Cc1ccc(S(=O)(=O)OCCCCCc2ccc(CCc3[nH]c4ccccc4c(=O)c3C)cc2)cc1. The molecule has 0 saturated carbocycles. The highest BCUT2D eigenvalue weighted by molar-refractivity contribution is 7.86. The van der Waals surface area contributed by atoms with E-state index in [0.717, 1.165) is 59.8 Å². The molecule has 0 radical (unpaired) electrons. The molecule has 0 aliphatic carbocycles. The summed E-state index contributed by atoms with van der Waals surface area (Å²) in [6, 6.07) is 23.0. The van der Waals surface area contributed by atoms with E-state index < -0.39 is 10.1 Å². The maximum atomic E-state index is 12.6. The first-order valence-electron chi connectivity index (χ1n) is 12.5. The van der Waals surface area contributed by atoms with E-state index in [-0.39, 0.29) is 16.9 Å². The Morgan fingerprint density at radius 2 is 1.42 bits per heavy atom. The van der Waals surface area contributed by atoms with Crippen LogP contribution in [-0.2, 0) is 33.6 Å². The van der Waals surface area contributed by atoms with Crippen LogP contribution in [0.5, 0.6) is 0 Å². The zero-order valence-electron chi connectivity index (χ0n) is 20.9. The van der Waals surface area contributed by atoms with Gasteiger partial charge < -0.3 is 4.98 Å². The summed E-state index contributed by atoms with van der Waals surface area (Å²) in [7, 11) is -3.68. The maximum absolute atomic E-state index is 12.6. The van der Waals surface area contributed by atoms with Gasteiger partial charge in [-0.2, -0.15) is 8.42 Å². The Balaban J connectivity index is 1.20. The summed E-state index contributed by atoms with van der Waals surface area (Å²) < 4.78 is 29.6. The quantitative estimate of drug-likeness (QED) is 0.200. The minimum Gasteiger partial charge on any atom is -0.358 e. The molecule has 3 aromatic carbocycles. The third kappa shape index (κ3) is 6.50. The Morgan fingerprint density at radius 1 is 0.750 bits per heavy atom. The van der Waals surface area contributed by atoms with Crippen molar-refractivity contribution in [1.82, 2.24) is 4.98 Å². The fraction of sp³-hybridized carbons (Fsp3) is 0.300. The second-order valence-corrected chi connectivity index (χ2v) is 10.9. The molecule has 0 fully saturated rings. The van der Waals surface area contributed by atoms with Gasteiger partial charge in [0.1, 0.15) is 0 Å². The van der Waals surface area contributed by atoms with Crippen LogP contribution in [0.25, 0.3) is 10.9 Å². The molecular weight excluding hydrogens is 470 g/mol. The minimum atomic E-state index is -3.68. The Bertz CT molecular complexity index is 1470. The molecule has 0 amide bonds. The number of aryl methyl sites for hydroxylation is 4. The number of benzene rings is 3. The van der Waals surface area contributed by atoms with E-state index in [9.17, 15) is 13.2 Å². The first-order valence-corrected chi connectivity index (χ1v) is 13.9. The van der Waals surface area contributed by atoms with Gasteiger partial charge in [0.2, 0.25) is 0 Å². The zero-order chi connectivity index (χ0) is 25.5. The number of rotatable bonds is 11. The van der Waals surface area contributed by atoms with E-state index in [1.807, 2.05) is 38.1 Å². The molecule has 36 heavy (non-hydrogen) atoms. The van der Waals surface area contributed by atoms with E-state index in [0.29, 0.717) is 6.42 Å². The number of hydrogen-bond donors (Lipinski definition) is 1. The molecule has 0 bridgehead atoms. The lowest BCUT2D eigenvalue weighted by atomic mass is 10.0. The fourth-order valence-corrected chi connectivity index (χ4v) is 5.27. The Hall–Kier alpha value is -3.22. The van der Waals surface area contributed by atoms with Gasteiger partial charge >= 0.3 is 0 Å². The predicted octanol–water partition coefficient (Wildman–Crippen LogP) is 6.05. The molecule has 188 valence electrons. The van der Waals surface area contributed by atoms with Crippen molar-refractivity contribution in [2.45, 2.75) is 57.3 Å². The number of fused-ring (bicyclic) bond motifs is 1. The van der Waals surface area contributed by atoms with Gasteiger partial charge in [-0.05, 0) is 81.3 Å². The Labute approximate surface area is 213 Å². The predicted molar refractivity (Wildman–Crippen MR) is 145 cm³/mol. The first kappa shape index (κ1) is 25.9. The third-order valence-corrected chi connectivity index (χ3v) is 7.92. The van der Waals surface area contributed by atoms with Crippen molar-refractivity contribution in [3.8, 4) is 0 Å². The number of unbranched alkanes of at least 4 members (excludes halogenated alkanes) is 2. The Morgan fingerprint density at radius 3 is 2.14 bits per heavy atom. The number of aromatic amines is 1. The van der Waals surface area contributed by atoms with Crippen molar-refractivity contribution in [3.05, 3.63) is 111 Å². The molecule has 0 spiro atoms. The number of hydrogen-bond acceptors (Lipinski definition) is 4. The number of nitrogens with one attached hydrogen (secondary N) is 1. The van der Waals surface area contributed by atoms with Gasteiger partial charge in [-0.1, -0.05) is 60.5 Å². The topological polar surface area (TPSA) is 76.2 Å². The summed E-state index contributed by atoms with van der Waals surface area (Å²) in [6.45, 7) is 4.01. The third-order valence-electron chi connectivity index (χ3n) is 6.60. The smallest absolute Gasteiger partial charge is 0.296 e. The number of aromatic nitrogens is 1. The van der Waals surface area contributed by atoms with Crippen LogP contribution >= 0.6 is 0 Å². The van der Waals surface area contributed by atoms with Crippen molar-refractivity contribution in [3.63, 3.8) is 0 Å². The van der Waals surface area contributed by atoms with Gasteiger partial charge in [0.15, 0.2) is 5.43 Å². The fourth-order valence-electron chi connectivity index (χ4n) is 4.33. The van der Waals surface area contributed by atoms with Crippen LogP contribution in [0.3, 0.4) is 0 Å². The molecule has 1 heterocycles. The maximum Gasteiger partial charge on any atom is 0.296 e. The van der Waals surface area contributed by atoms with E-state index >= 15 is 0 Å². The number of H-pyrrole nitrogens is 1. The van der Waals surface area contributed by atoms with E-state index in [2.05, 4.69) is 29.2 Å². The van der Waals surface area contributed by atoms with Crippen LogP contribution in [0.2, 0.25) is 0 Å². The highest BCUT2D eigenvalue weighted by Gasteiger charge is 2.14. The van der Waals surface area contributed by atoms with Crippen molar-refractivity contribution in [2.24, 2.45) is 0 Å². The zero-order valence-corrected chi connectivity index (χ0v) is 21.7. The molecular formula is C30H33NO4S. The molecule has 0 unspecified atom stereocenters. The van der Waals surface area contributed by atoms with Gasteiger partial charge in [-0.3, -0.25) is 8.98 Å². The standard InChI is InChI=1S/C30H33NO4S/c1-22-11-18-26(19-12-22)36(33,34)35-21-7-3-4-8-24-13-15-25(16-14-24)17-20-28-23(2)30(32)27-9-5-6-10-29(27)31-28/h5-6,9-16,18-19H,3-4,7-8,17,20-21H2,1-2H3,(H,31,32). The molecule has 1 N–H and O–H groups in total. The van der Waals surface area contributed by atoms with Gasteiger partial charge in [0.05, 0.1) is 11.5 Å². The minimum absolute atomic E-state index is 0.104. The summed E-state index contributed by atoms with van der Waals surface area (Å²) in [5, 5.41) is 0.738. The number of para-hydroxylation sites is 1. The average Bonchev–Trinajstić information content (AvgIpc) is 2.88. The van der Waals surface area contributed by atoms with E-state index in [4.69, 9.17) is 4.18 Å². The lowest BCUT2D eigenvalue weighted by Gasteiger charge is -2.09. The van der Waals surface area contributed by atoms with Crippen molar-refractivity contribution in [1.29, 1.82) is 0 Å². The summed E-state index contributed by atoms with van der Waals surface area (Å²) in [5.41, 5.74) is 6.29. The van der Waals surface area contributed by atoms with E-state index in [1.165, 1.54) is 11.1 Å². The summed E-state index contributed by atoms with van der Waals surface area (Å²) >= 11 is 0. The Kier molecular flexibility index (Phi) is 8.39. The van der Waals surface area contributed by atoms with Crippen LogP contribution in [0.4, 0.5) is 0 Å². The van der Waals surface area contributed by atoms with Crippen LogP contribution in [0.15, 0.2) is 82.5 Å². The molecule has 1 aromatic heterocycles. The van der Waals surface area contributed by atoms with Crippen LogP contribution < -0.4 is 5.43 Å². The van der Waals surface area contributed by atoms with Crippen LogP contribution in [0, 0.1) is 13.8 Å². The molecule has 4 rings (SSSR count). The second-order valence-electron chi connectivity index (χ2n) is 9.32. The second kappa shape index (κ2) is 11.7. The van der Waals surface area contributed by atoms with Crippen LogP contribution in [0.1, 0.15) is 47.2 Å². The van der Waals surface area contributed by atoms with Gasteiger partial charge in [-0.15, -0.1) is 0 Å². The normalized spacial score (nSPS) is 11.7. The lowest BCUT2D eigenvalue weighted by molar-refractivity contribution is 0.307. The summed E-state index contributed by atoms with van der Waals surface area (Å²) in [5.74, 6) is 0. The summed E-state index contributed by atoms with van der Waals surface area (Å²) in [4.78, 5) is 16.3. The van der Waals surface area contributed by atoms with Gasteiger partial charge in [0.25, 0.3) is 10.1 Å². The van der Waals surface area contributed by atoms with Crippen molar-refractivity contribution < 1.29 is 12.6 Å². The molecule has 0 aliphatic heterocycles. The van der Waals surface area contributed by atoms with Gasteiger partial charge in [0, 0.05) is 22.2 Å². The highest BCUT2D eigenvalue weighted by Crippen LogP contribution is 2.16. The molecule has 6 heteroatoms. The first-order chi connectivity index (χ1) is 17.3. The average molecular weight is 504 g/mol. The van der Waals surface area contributed by atoms with Gasteiger partial charge in [-0.25, -0.2) is 0 Å². The molecule has 4 aromatic rings. The largest absolute Gasteiger partial charge is 0.358 e.